The van der Waals surface area contributed by atoms with Crippen LogP contribution in [0.4, 0.5) is 11.6 Å². The van der Waals surface area contributed by atoms with Crippen molar-refractivity contribution in [3.63, 3.8) is 0 Å². The Morgan fingerprint density at radius 1 is 1.10 bits per heavy atom. The first kappa shape index (κ1) is 15.3. The lowest BCUT2D eigenvalue weighted by Crippen LogP contribution is -2.18. The number of hydrogen-bond donors (Lipinski definition) is 1. The SMILES string of the molecule is Cc1nc(N(C)C)nc(C)c1NC(=O)c1ccc(Cl)cc1. The number of hydrogen-bond acceptors (Lipinski definition) is 4. The highest BCUT2D eigenvalue weighted by Gasteiger charge is 2.13. The Kier molecular flexibility index (Phi) is 4.43. The second-order valence-electron chi connectivity index (χ2n) is 4.92. The minimum Gasteiger partial charge on any atom is -0.347 e. The summed E-state index contributed by atoms with van der Waals surface area (Å²) in [6.45, 7) is 3.69. The van der Waals surface area contributed by atoms with Gasteiger partial charge in [0.1, 0.15) is 0 Å². The van der Waals surface area contributed by atoms with Gasteiger partial charge in [-0.1, -0.05) is 11.6 Å². The third-order valence-corrected chi connectivity index (χ3v) is 3.26. The van der Waals surface area contributed by atoms with Gasteiger partial charge in [0, 0.05) is 24.7 Å². The Bertz CT molecular complexity index is 645. The first-order valence-electron chi connectivity index (χ1n) is 6.48. The van der Waals surface area contributed by atoms with Crippen LogP contribution in [0.15, 0.2) is 24.3 Å². The number of anilines is 2. The zero-order valence-electron chi connectivity index (χ0n) is 12.4. The van der Waals surface area contributed by atoms with E-state index in [-0.39, 0.29) is 5.91 Å². The van der Waals surface area contributed by atoms with Gasteiger partial charge in [0.15, 0.2) is 0 Å². The molecule has 6 heteroatoms. The van der Waals surface area contributed by atoms with E-state index in [0.717, 1.165) is 11.4 Å². The minimum absolute atomic E-state index is 0.209. The molecule has 0 atom stereocenters. The molecule has 0 fully saturated rings. The molecule has 1 aromatic heterocycles. The highest BCUT2D eigenvalue weighted by molar-refractivity contribution is 6.30. The van der Waals surface area contributed by atoms with Crippen LogP contribution in [-0.2, 0) is 0 Å². The third kappa shape index (κ3) is 3.49. The number of benzene rings is 1. The highest BCUT2D eigenvalue weighted by Crippen LogP contribution is 2.20. The predicted octanol–water partition coefficient (Wildman–Crippen LogP) is 3.07. The lowest BCUT2D eigenvalue weighted by molar-refractivity contribution is 0.102. The van der Waals surface area contributed by atoms with Crippen molar-refractivity contribution >= 4 is 29.1 Å². The van der Waals surface area contributed by atoms with E-state index in [1.54, 1.807) is 24.3 Å². The molecule has 1 amide bonds. The van der Waals surface area contributed by atoms with Crippen molar-refractivity contribution in [2.45, 2.75) is 13.8 Å². The van der Waals surface area contributed by atoms with Crippen LogP contribution in [0.2, 0.25) is 5.02 Å². The number of aryl methyl sites for hydroxylation is 2. The van der Waals surface area contributed by atoms with Crippen molar-refractivity contribution in [2.75, 3.05) is 24.3 Å². The van der Waals surface area contributed by atoms with Crippen LogP contribution >= 0.6 is 11.6 Å². The molecule has 0 saturated heterocycles. The van der Waals surface area contributed by atoms with Crippen LogP contribution in [0.1, 0.15) is 21.7 Å². The number of carbonyl (C=O) groups is 1. The number of nitrogens with one attached hydrogen (secondary N) is 1. The van der Waals surface area contributed by atoms with Crippen LogP contribution in [0, 0.1) is 13.8 Å². The van der Waals surface area contributed by atoms with Gasteiger partial charge in [-0.2, -0.15) is 0 Å². The minimum atomic E-state index is -0.209. The molecule has 0 aliphatic rings. The molecular formula is C15H17ClN4O. The highest BCUT2D eigenvalue weighted by atomic mass is 35.5. The van der Waals surface area contributed by atoms with Gasteiger partial charge in [-0.25, -0.2) is 9.97 Å². The van der Waals surface area contributed by atoms with E-state index in [1.807, 2.05) is 32.8 Å². The largest absolute Gasteiger partial charge is 0.347 e. The number of nitrogens with zero attached hydrogens (tertiary/aromatic N) is 3. The molecule has 0 unspecified atom stereocenters. The normalized spacial score (nSPS) is 10.3. The Labute approximate surface area is 129 Å². The molecule has 21 heavy (non-hydrogen) atoms. The molecule has 110 valence electrons. The first-order valence-corrected chi connectivity index (χ1v) is 6.85. The summed E-state index contributed by atoms with van der Waals surface area (Å²) in [5.74, 6) is 0.411. The van der Waals surface area contributed by atoms with E-state index in [1.165, 1.54) is 0 Å². The van der Waals surface area contributed by atoms with Gasteiger partial charge >= 0.3 is 0 Å². The molecule has 5 nitrogen and oxygen atoms in total. The van der Waals surface area contributed by atoms with Crippen molar-refractivity contribution in [1.82, 2.24) is 9.97 Å². The molecule has 0 saturated carbocycles. The van der Waals surface area contributed by atoms with Crippen molar-refractivity contribution < 1.29 is 4.79 Å². The van der Waals surface area contributed by atoms with E-state index < -0.39 is 0 Å². The summed E-state index contributed by atoms with van der Waals surface area (Å²) in [4.78, 5) is 22.8. The lowest BCUT2D eigenvalue weighted by atomic mass is 10.2. The molecule has 1 aromatic carbocycles. The van der Waals surface area contributed by atoms with Gasteiger partial charge < -0.3 is 10.2 Å². The predicted molar refractivity (Wildman–Crippen MR) is 85.2 cm³/mol. The van der Waals surface area contributed by atoms with Gasteiger partial charge in [0.05, 0.1) is 17.1 Å². The molecule has 0 radical (unpaired) electrons. The van der Waals surface area contributed by atoms with Crippen LogP contribution < -0.4 is 10.2 Å². The third-order valence-electron chi connectivity index (χ3n) is 3.00. The molecule has 0 aliphatic carbocycles. The van der Waals surface area contributed by atoms with E-state index in [4.69, 9.17) is 11.6 Å². The summed E-state index contributed by atoms with van der Waals surface area (Å²) in [5, 5.41) is 3.45. The Morgan fingerprint density at radius 3 is 2.10 bits per heavy atom. The summed E-state index contributed by atoms with van der Waals surface area (Å²) in [5.41, 5.74) is 2.64. The van der Waals surface area contributed by atoms with Crippen molar-refractivity contribution in [1.29, 1.82) is 0 Å². The summed E-state index contributed by atoms with van der Waals surface area (Å²) in [7, 11) is 3.75. The maximum absolute atomic E-state index is 12.2. The van der Waals surface area contributed by atoms with Crippen molar-refractivity contribution in [3.8, 4) is 0 Å². The number of rotatable bonds is 3. The standard InChI is InChI=1S/C15H17ClN4O/c1-9-13(10(2)18-15(17-9)20(3)4)19-14(21)11-5-7-12(16)8-6-11/h5-8H,1-4H3,(H,19,21). The first-order chi connectivity index (χ1) is 9.88. The summed E-state index contributed by atoms with van der Waals surface area (Å²) < 4.78 is 0. The molecule has 2 rings (SSSR count). The molecular weight excluding hydrogens is 288 g/mol. The number of carbonyl (C=O) groups excluding carboxylic acids is 1. The fraction of sp³-hybridized carbons (Fsp3) is 0.267. The van der Waals surface area contributed by atoms with E-state index in [0.29, 0.717) is 22.2 Å². The topological polar surface area (TPSA) is 58.1 Å². The number of halogens is 1. The van der Waals surface area contributed by atoms with E-state index in [2.05, 4.69) is 15.3 Å². The number of amides is 1. The molecule has 1 heterocycles. The van der Waals surface area contributed by atoms with Crippen LogP contribution in [0.25, 0.3) is 0 Å². The van der Waals surface area contributed by atoms with E-state index >= 15 is 0 Å². The Morgan fingerprint density at radius 2 is 1.62 bits per heavy atom. The van der Waals surface area contributed by atoms with Gasteiger partial charge in [0.25, 0.3) is 5.91 Å². The average Bonchev–Trinajstić information content (AvgIpc) is 2.43. The quantitative estimate of drug-likeness (QED) is 0.947. The van der Waals surface area contributed by atoms with Gasteiger partial charge in [-0.05, 0) is 38.1 Å². The maximum atomic E-state index is 12.2. The molecule has 2 aromatic rings. The summed E-state index contributed by atoms with van der Waals surface area (Å²) in [6, 6.07) is 6.72. The van der Waals surface area contributed by atoms with Crippen molar-refractivity contribution in [2.24, 2.45) is 0 Å². The second-order valence-corrected chi connectivity index (χ2v) is 5.36. The zero-order valence-corrected chi connectivity index (χ0v) is 13.2. The molecule has 0 aliphatic heterocycles. The fourth-order valence-corrected chi connectivity index (χ4v) is 1.99. The number of aromatic nitrogens is 2. The second kappa shape index (κ2) is 6.10. The van der Waals surface area contributed by atoms with Gasteiger partial charge in [0.2, 0.25) is 5.95 Å². The lowest BCUT2D eigenvalue weighted by Gasteiger charge is -2.15. The zero-order chi connectivity index (χ0) is 15.6. The van der Waals surface area contributed by atoms with Crippen molar-refractivity contribution in [3.05, 3.63) is 46.2 Å². The summed E-state index contributed by atoms with van der Waals surface area (Å²) >= 11 is 5.82. The summed E-state index contributed by atoms with van der Waals surface area (Å²) in [6.07, 6.45) is 0. The average molecular weight is 305 g/mol. The molecule has 1 N–H and O–H groups in total. The maximum Gasteiger partial charge on any atom is 0.255 e. The van der Waals surface area contributed by atoms with Gasteiger partial charge in [-0.3, -0.25) is 4.79 Å². The molecule has 0 spiro atoms. The van der Waals surface area contributed by atoms with Crippen LogP contribution in [0.3, 0.4) is 0 Å². The fourth-order valence-electron chi connectivity index (χ4n) is 1.87. The Hall–Kier alpha value is -2.14. The Balaban J connectivity index is 2.27. The van der Waals surface area contributed by atoms with E-state index in [9.17, 15) is 4.79 Å². The monoisotopic (exact) mass is 304 g/mol. The molecule has 0 bridgehead atoms. The van der Waals surface area contributed by atoms with Gasteiger partial charge in [-0.15, -0.1) is 0 Å². The van der Waals surface area contributed by atoms with Crippen LogP contribution in [-0.4, -0.2) is 30.0 Å². The van der Waals surface area contributed by atoms with Crippen LogP contribution in [0.5, 0.6) is 0 Å². The smallest absolute Gasteiger partial charge is 0.255 e.